The van der Waals surface area contributed by atoms with Crippen molar-refractivity contribution < 1.29 is 0 Å². The van der Waals surface area contributed by atoms with Crippen LogP contribution in [0.1, 0.15) is 24.0 Å². The molecule has 0 saturated carbocycles. The standard InChI is InChI=1S/C22H31N3/c1-24(2)13-5-7-17-9-11-21-19(15-17)20-16-18(8-6-14-25(3)4)10-12-22(20)23-21/h9-12,15-16,23H,5-8,13-14H2,1-4H3. The molecular weight excluding hydrogens is 306 g/mol. The highest BCUT2D eigenvalue weighted by molar-refractivity contribution is 6.07. The van der Waals surface area contributed by atoms with E-state index in [1.54, 1.807) is 0 Å². The van der Waals surface area contributed by atoms with Crippen LogP contribution in [0, 0.1) is 0 Å². The number of H-pyrrole nitrogens is 1. The predicted octanol–water partition coefficient (Wildman–Crippen LogP) is 4.31. The number of aryl methyl sites for hydroxylation is 2. The minimum absolute atomic E-state index is 1.14. The number of fused-ring (bicyclic) bond motifs is 3. The molecular formula is C22H31N3. The molecule has 0 amide bonds. The van der Waals surface area contributed by atoms with Crippen LogP contribution in [0.25, 0.3) is 21.8 Å². The normalized spacial score (nSPS) is 12.1. The molecule has 0 bridgehead atoms. The van der Waals surface area contributed by atoms with Crippen LogP contribution < -0.4 is 0 Å². The largest absolute Gasteiger partial charge is 0.355 e. The number of hydrogen-bond acceptors (Lipinski definition) is 2. The molecule has 3 heteroatoms. The maximum atomic E-state index is 3.56. The van der Waals surface area contributed by atoms with Gasteiger partial charge < -0.3 is 14.8 Å². The fraction of sp³-hybridized carbons (Fsp3) is 0.455. The molecule has 0 aliphatic carbocycles. The van der Waals surface area contributed by atoms with Crippen LogP contribution in [-0.2, 0) is 12.8 Å². The van der Waals surface area contributed by atoms with Gasteiger partial charge in [-0.1, -0.05) is 12.1 Å². The summed E-state index contributed by atoms with van der Waals surface area (Å²) in [4.78, 5) is 8.07. The summed E-state index contributed by atoms with van der Waals surface area (Å²) >= 11 is 0. The number of aromatic nitrogens is 1. The van der Waals surface area contributed by atoms with E-state index < -0.39 is 0 Å². The second-order valence-electron chi connectivity index (χ2n) is 7.70. The average Bonchev–Trinajstić information content (AvgIpc) is 2.92. The third-order valence-electron chi connectivity index (χ3n) is 4.87. The molecule has 3 nitrogen and oxygen atoms in total. The zero-order valence-electron chi connectivity index (χ0n) is 16.1. The number of nitrogens with one attached hydrogen (secondary N) is 1. The van der Waals surface area contributed by atoms with Crippen LogP contribution in [0.5, 0.6) is 0 Å². The molecule has 1 heterocycles. The molecule has 1 N–H and O–H groups in total. The quantitative estimate of drug-likeness (QED) is 0.662. The van der Waals surface area contributed by atoms with Crippen molar-refractivity contribution in [1.29, 1.82) is 0 Å². The van der Waals surface area contributed by atoms with Crippen LogP contribution in [-0.4, -0.2) is 56.1 Å². The molecule has 2 aromatic carbocycles. The maximum Gasteiger partial charge on any atom is 0.0465 e. The summed E-state index contributed by atoms with van der Waals surface area (Å²) in [6.07, 6.45) is 4.69. The highest BCUT2D eigenvalue weighted by atomic mass is 15.0. The van der Waals surface area contributed by atoms with Crippen molar-refractivity contribution in [3.63, 3.8) is 0 Å². The Morgan fingerprint density at radius 3 is 1.52 bits per heavy atom. The minimum atomic E-state index is 1.14. The lowest BCUT2D eigenvalue weighted by Gasteiger charge is -2.09. The van der Waals surface area contributed by atoms with Crippen molar-refractivity contribution >= 4 is 21.8 Å². The van der Waals surface area contributed by atoms with E-state index in [0.29, 0.717) is 0 Å². The van der Waals surface area contributed by atoms with E-state index in [-0.39, 0.29) is 0 Å². The van der Waals surface area contributed by atoms with Crippen LogP contribution in [0.15, 0.2) is 36.4 Å². The number of hydrogen-bond donors (Lipinski definition) is 1. The van der Waals surface area contributed by atoms with Crippen molar-refractivity contribution in [1.82, 2.24) is 14.8 Å². The van der Waals surface area contributed by atoms with Gasteiger partial charge in [-0.2, -0.15) is 0 Å². The van der Waals surface area contributed by atoms with E-state index in [1.165, 1.54) is 45.8 Å². The van der Waals surface area contributed by atoms with Crippen LogP contribution >= 0.6 is 0 Å². The van der Waals surface area contributed by atoms with Gasteiger partial charge in [0.15, 0.2) is 0 Å². The first-order valence-corrected chi connectivity index (χ1v) is 9.35. The molecule has 3 aromatic rings. The van der Waals surface area contributed by atoms with Gasteiger partial charge in [0.2, 0.25) is 0 Å². The number of rotatable bonds is 8. The van der Waals surface area contributed by atoms with Gasteiger partial charge in [-0.3, -0.25) is 0 Å². The van der Waals surface area contributed by atoms with Crippen LogP contribution in [0.2, 0.25) is 0 Å². The van der Waals surface area contributed by atoms with Crippen molar-refractivity contribution in [2.75, 3.05) is 41.3 Å². The lowest BCUT2D eigenvalue weighted by Crippen LogP contribution is -2.13. The molecule has 0 fully saturated rings. The Labute approximate surface area is 151 Å². The topological polar surface area (TPSA) is 22.3 Å². The highest BCUT2D eigenvalue weighted by Gasteiger charge is 2.07. The Hall–Kier alpha value is -1.84. The van der Waals surface area contributed by atoms with Gasteiger partial charge in [0, 0.05) is 21.8 Å². The van der Waals surface area contributed by atoms with Gasteiger partial charge in [-0.25, -0.2) is 0 Å². The van der Waals surface area contributed by atoms with E-state index in [0.717, 1.165) is 25.9 Å². The summed E-state index contributed by atoms with van der Waals surface area (Å²) in [5.74, 6) is 0. The summed E-state index contributed by atoms with van der Waals surface area (Å²) in [6, 6.07) is 13.8. The molecule has 0 atom stereocenters. The third kappa shape index (κ3) is 4.62. The average molecular weight is 338 g/mol. The highest BCUT2D eigenvalue weighted by Crippen LogP contribution is 2.28. The Bertz CT molecular complexity index is 762. The molecule has 0 radical (unpaired) electrons. The summed E-state index contributed by atoms with van der Waals surface area (Å²) in [6.45, 7) is 2.28. The second-order valence-corrected chi connectivity index (χ2v) is 7.70. The smallest absolute Gasteiger partial charge is 0.0465 e. The Morgan fingerprint density at radius 1 is 0.680 bits per heavy atom. The first kappa shape index (κ1) is 18.0. The minimum Gasteiger partial charge on any atom is -0.355 e. The molecule has 0 aliphatic heterocycles. The number of benzene rings is 2. The van der Waals surface area contributed by atoms with Crippen molar-refractivity contribution in [2.45, 2.75) is 25.7 Å². The van der Waals surface area contributed by atoms with Gasteiger partial charge in [0.25, 0.3) is 0 Å². The first-order valence-electron chi connectivity index (χ1n) is 9.35. The Kier molecular flexibility index (Phi) is 5.77. The van der Waals surface area contributed by atoms with E-state index >= 15 is 0 Å². The zero-order chi connectivity index (χ0) is 17.8. The molecule has 0 unspecified atom stereocenters. The number of aromatic amines is 1. The molecule has 0 aliphatic rings. The third-order valence-corrected chi connectivity index (χ3v) is 4.87. The van der Waals surface area contributed by atoms with Crippen LogP contribution in [0.3, 0.4) is 0 Å². The molecule has 1 aromatic heterocycles. The second kappa shape index (κ2) is 8.03. The molecule has 0 saturated heterocycles. The fourth-order valence-corrected chi connectivity index (χ4v) is 3.50. The SMILES string of the molecule is CN(C)CCCc1ccc2[nH]c3ccc(CCCN(C)C)cc3c2c1. The summed E-state index contributed by atoms with van der Waals surface area (Å²) in [5, 5.41) is 2.73. The Balaban J connectivity index is 1.82. The van der Waals surface area contributed by atoms with Gasteiger partial charge in [-0.05, 0) is 102 Å². The van der Waals surface area contributed by atoms with Crippen molar-refractivity contribution in [3.8, 4) is 0 Å². The van der Waals surface area contributed by atoms with Gasteiger partial charge >= 0.3 is 0 Å². The van der Waals surface area contributed by atoms with Crippen molar-refractivity contribution in [2.24, 2.45) is 0 Å². The molecule has 134 valence electrons. The van der Waals surface area contributed by atoms with Gasteiger partial charge in [0.05, 0.1) is 0 Å². The fourth-order valence-electron chi connectivity index (χ4n) is 3.50. The maximum absolute atomic E-state index is 3.56. The van der Waals surface area contributed by atoms with Gasteiger partial charge in [0.1, 0.15) is 0 Å². The number of nitrogens with zero attached hydrogens (tertiary/aromatic N) is 2. The monoisotopic (exact) mass is 337 g/mol. The van der Waals surface area contributed by atoms with E-state index in [4.69, 9.17) is 0 Å². The Morgan fingerprint density at radius 2 is 1.12 bits per heavy atom. The molecule has 0 spiro atoms. The predicted molar refractivity (Wildman–Crippen MR) is 110 cm³/mol. The van der Waals surface area contributed by atoms with Crippen LogP contribution in [0.4, 0.5) is 0 Å². The first-order chi connectivity index (χ1) is 12.0. The van der Waals surface area contributed by atoms with E-state index in [1.807, 2.05) is 0 Å². The molecule has 3 rings (SSSR count). The van der Waals surface area contributed by atoms with E-state index in [2.05, 4.69) is 79.4 Å². The summed E-state index contributed by atoms with van der Waals surface area (Å²) in [5.41, 5.74) is 5.37. The van der Waals surface area contributed by atoms with Gasteiger partial charge in [-0.15, -0.1) is 0 Å². The van der Waals surface area contributed by atoms with E-state index in [9.17, 15) is 0 Å². The lowest BCUT2D eigenvalue weighted by molar-refractivity contribution is 0.400. The van der Waals surface area contributed by atoms with Crippen molar-refractivity contribution in [3.05, 3.63) is 47.5 Å². The molecule has 25 heavy (non-hydrogen) atoms. The lowest BCUT2D eigenvalue weighted by atomic mass is 10.0. The summed E-state index contributed by atoms with van der Waals surface area (Å²) in [7, 11) is 8.56. The summed E-state index contributed by atoms with van der Waals surface area (Å²) < 4.78 is 0. The zero-order valence-corrected chi connectivity index (χ0v) is 16.1.